The molecule has 1 aliphatic rings. The number of rotatable bonds is 4. The third-order valence-corrected chi connectivity index (χ3v) is 5.32. The molecule has 104 valence electrons. The Kier molecular flexibility index (Phi) is 4.37. The zero-order valence-electron chi connectivity index (χ0n) is 11.1. The first-order valence-corrected chi connectivity index (χ1v) is 8.33. The lowest BCUT2D eigenvalue weighted by molar-refractivity contribution is 0.0957. The van der Waals surface area contributed by atoms with Crippen LogP contribution in [0.15, 0.2) is 30.3 Å². The van der Waals surface area contributed by atoms with Crippen molar-refractivity contribution in [1.29, 1.82) is 0 Å². The number of hydrogen-bond donors (Lipinski definition) is 0. The van der Waals surface area contributed by atoms with Gasteiger partial charge in [0.1, 0.15) is 0 Å². The molecule has 0 spiro atoms. The van der Waals surface area contributed by atoms with Gasteiger partial charge in [0.05, 0.1) is 11.5 Å². The summed E-state index contributed by atoms with van der Waals surface area (Å²) in [6.07, 6.45) is 0.439. The molecule has 0 amide bonds. The van der Waals surface area contributed by atoms with E-state index in [1.54, 1.807) is 0 Å². The van der Waals surface area contributed by atoms with Crippen molar-refractivity contribution in [2.75, 3.05) is 24.6 Å². The van der Waals surface area contributed by atoms with E-state index < -0.39 is 9.84 Å². The summed E-state index contributed by atoms with van der Waals surface area (Å²) in [6, 6.07) is 9.21. The Labute approximate surface area is 114 Å². The van der Waals surface area contributed by atoms with Gasteiger partial charge in [-0.25, -0.2) is 8.42 Å². The summed E-state index contributed by atoms with van der Waals surface area (Å²) >= 11 is 0. The quantitative estimate of drug-likeness (QED) is 0.782. The molecule has 0 bridgehead atoms. The SMILES string of the molecule is CC1CS(=O)(=O)CCN1CCC(=O)c1ccccc1. The fourth-order valence-corrected chi connectivity index (χ4v) is 4.00. The van der Waals surface area contributed by atoms with Crippen molar-refractivity contribution in [2.45, 2.75) is 19.4 Å². The van der Waals surface area contributed by atoms with Crippen molar-refractivity contribution in [1.82, 2.24) is 4.90 Å². The van der Waals surface area contributed by atoms with Crippen LogP contribution in [0.4, 0.5) is 0 Å². The lowest BCUT2D eigenvalue weighted by Gasteiger charge is -2.32. The molecule has 1 atom stereocenters. The van der Waals surface area contributed by atoms with E-state index in [0.29, 0.717) is 19.5 Å². The fourth-order valence-electron chi connectivity index (χ4n) is 2.38. The Balaban J connectivity index is 1.88. The highest BCUT2D eigenvalue weighted by atomic mass is 32.2. The summed E-state index contributed by atoms with van der Waals surface area (Å²) in [5.74, 6) is 0.518. The topological polar surface area (TPSA) is 54.5 Å². The molecule has 19 heavy (non-hydrogen) atoms. The van der Waals surface area contributed by atoms with Gasteiger partial charge in [0.25, 0.3) is 0 Å². The summed E-state index contributed by atoms with van der Waals surface area (Å²) < 4.78 is 22.9. The van der Waals surface area contributed by atoms with Crippen LogP contribution < -0.4 is 0 Å². The molecule has 5 heteroatoms. The highest BCUT2D eigenvalue weighted by Gasteiger charge is 2.27. The second kappa shape index (κ2) is 5.84. The van der Waals surface area contributed by atoms with E-state index in [9.17, 15) is 13.2 Å². The number of nitrogens with zero attached hydrogens (tertiary/aromatic N) is 1. The smallest absolute Gasteiger partial charge is 0.164 e. The number of sulfone groups is 1. The van der Waals surface area contributed by atoms with E-state index in [1.165, 1.54) is 0 Å². The van der Waals surface area contributed by atoms with E-state index in [2.05, 4.69) is 4.90 Å². The molecule has 1 aromatic rings. The first-order chi connectivity index (χ1) is 8.98. The Hall–Kier alpha value is -1.20. The van der Waals surface area contributed by atoms with Crippen LogP contribution in [0, 0.1) is 0 Å². The van der Waals surface area contributed by atoms with E-state index in [4.69, 9.17) is 0 Å². The summed E-state index contributed by atoms with van der Waals surface area (Å²) in [6.45, 7) is 3.07. The third-order valence-electron chi connectivity index (χ3n) is 3.53. The van der Waals surface area contributed by atoms with E-state index in [1.807, 2.05) is 37.3 Å². The highest BCUT2D eigenvalue weighted by Crippen LogP contribution is 2.13. The van der Waals surface area contributed by atoms with Gasteiger partial charge >= 0.3 is 0 Å². The summed E-state index contributed by atoms with van der Waals surface area (Å²) in [4.78, 5) is 14.1. The molecular formula is C14H19NO3S. The van der Waals surface area contributed by atoms with Gasteiger partial charge in [0, 0.05) is 31.1 Å². The van der Waals surface area contributed by atoms with Crippen molar-refractivity contribution in [3.63, 3.8) is 0 Å². The largest absolute Gasteiger partial charge is 0.298 e. The number of Topliss-reactive ketones (excluding diaryl/α,β-unsaturated/α-hetero) is 1. The second-order valence-electron chi connectivity index (χ2n) is 5.04. The molecule has 0 saturated carbocycles. The molecule has 1 aromatic carbocycles. The van der Waals surface area contributed by atoms with Gasteiger partial charge in [-0.2, -0.15) is 0 Å². The van der Waals surface area contributed by atoms with Gasteiger partial charge in [-0.3, -0.25) is 9.69 Å². The number of hydrogen-bond acceptors (Lipinski definition) is 4. The van der Waals surface area contributed by atoms with E-state index >= 15 is 0 Å². The first-order valence-electron chi connectivity index (χ1n) is 6.51. The number of ketones is 1. The molecule has 1 unspecified atom stereocenters. The Bertz CT molecular complexity index is 539. The van der Waals surface area contributed by atoms with Gasteiger partial charge in [-0.05, 0) is 6.92 Å². The lowest BCUT2D eigenvalue weighted by atomic mass is 10.1. The summed E-state index contributed by atoms with van der Waals surface area (Å²) in [5, 5.41) is 0. The molecule has 1 saturated heterocycles. The minimum atomic E-state index is -2.88. The van der Waals surface area contributed by atoms with E-state index in [-0.39, 0.29) is 23.3 Å². The minimum Gasteiger partial charge on any atom is -0.298 e. The van der Waals surface area contributed by atoms with Gasteiger partial charge in [-0.15, -0.1) is 0 Å². The first kappa shape index (κ1) is 14.2. The molecule has 0 N–H and O–H groups in total. The van der Waals surface area contributed by atoms with Crippen LogP contribution in [0.5, 0.6) is 0 Å². The normalized spacial score (nSPS) is 23.1. The predicted octanol–water partition coefficient (Wildman–Crippen LogP) is 1.38. The molecule has 4 nitrogen and oxygen atoms in total. The Morgan fingerprint density at radius 2 is 2.00 bits per heavy atom. The summed E-state index contributed by atoms with van der Waals surface area (Å²) in [7, 11) is -2.88. The average Bonchev–Trinajstić information content (AvgIpc) is 2.37. The lowest BCUT2D eigenvalue weighted by Crippen LogP contribution is -2.47. The monoisotopic (exact) mass is 281 g/mol. The van der Waals surface area contributed by atoms with Crippen molar-refractivity contribution in [3.8, 4) is 0 Å². The standard InChI is InChI=1S/C14H19NO3S/c1-12-11-19(17,18)10-9-15(12)8-7-14(16)13-5-3-2-4-6-13/h2-6,12H,7-11H2,1H3. The highest BCUT2D eigenvalue weighted by molar-refractivity contribution is 7.91. The molecule has 0 aliphatic carbocycles. The zero-order chi connectivity index (χ0) is 13.9. The molecule has 0 radical (unpaired) electrons. The number of carbonyl (C=O) groups is 1. The van der Waals surface area contributed by atoms with Crippen molar-refractivity contribution in [2.24, 2.45) is 0 Å². The molecule has 1 aliphatic heterocycles. The molecule has 2 rings (SSSR count). The van der Waals surface area contributed by atoms with Crippen LogP contribution in [-0.2, 0) is 9.84 Å². The van der Waals surface area contributed by atoms with E-state index in [0.717, 1.165) is 5.56 Å². The number of benzene rings is 1. The molecular weight excluding hydrogens is 262 g/mol. The fraction of sp³-hybridized carbons (Fsp3) is 0.500. The Morgan fingerprint density at radius 3 is 2.63 bits per heavy atom. The third kappa shape index (κ3) is 3.88. The molecule has 1 fully saturated rings. The number of carbonyl (C=O) groups excluding carboxylic acids is 1. The minimum absolute atomic E-state index is 0.00215. The van der Waals surface area contributed by atoms with Gasteiger partial charge in [-0.1, -0.05) is 30.3 Å². The maximum Gasteiger partial charge on any atom is 0.164 e. The maximum atomic E-state index is 12.0. The average molecular weight is 281 g/mol. The van der Waals surface area contributed by atoms with Gasteiger partial charge < -0.3 is 0 Å². The van der Waals surface area contributed by atoms with Crippen molar-refractivity contribution < 1.29 is 13.2 Å². The summed E-state index contributed by atoms with van der Waals surface area (Å²) in [5.41, 5.74) is 0.722. The second-order valence-corrected chi connectivity index (χ2v) is 7.27. The van der Waals surface area contributed by atoms with Crippen molar-refractivity contribution in [3.05, 3.63) is 35.9 Å². The molecule has 1 heterocycles. The van der Waals surface area contributed by atoms with Crippen LogP contribution in [-0.4, -0.2) is 49.7 Å². The van der Waals surface area contributed by atoms with Crippen LogP contribution >= 0.6 is 0 Å². The maximum absolute atomic E-state index is 12.0. The van der Waals surface area contributed by atoms with Crippen LogP contribution in [0.25, 0.3) is 0 Å². The zero-order valence-corrected chi connectivity index (χ0v) is 11.9. The van der Waals surface area contributed by atoms with Crippen LogP contribution in [0.3, 0.4) is 0 Å². The van der Waals surface area contributed by atoms with Gasteiger partial charge in [0.15, 0.2) is 15.6 Å². The van der Waals surface area contributed by atoms with Gasteiger partial charge in [0.2, 0.25) is 0 Å². The molecule has 0 aromatic heterocycles. The van der Waals surface area contributed by atoms with Crippen LogP contribution in [0.1, 0.15) is 23.7 Å². The van der Waals surface area contributed by atoms with Crippen LogP contribution in [0.2, 0.25) is 0 Å². The van der Waals surface area contributed by atoms with Crippen molar-refractivity contribution >= 4 is 15.6 Å². The Morgan fingerprint density at radius 1 is 1.32 bits per heavy atom. The predicted molar refractivity (Wildman–Crippen MR) is 75.1 cm³/mol.